The standard InChI is InChI=1S/C24H25FN6O2/c1-14-10-20(19-8-9-21(24(28-19)33-5)31-12-15(2)26-13-31)29-30-23(14)27-16(3)17-6-7-18(25)22(11-17)32-4/h6-13,16H,1-5H3,(H,27,30). The molecule has 1 atom stereocenters. The van der Waals surface area contributed by atoms with E-state index in [1.54, 1.807) is 25.6 Å². The van der Waals surface area contributed by atoms with Gasteiger partial charge in [0, 0.05) is 6.20 Å². The van der Waals surface area contributed by atoms with Crippen LogP contribution in [0.4, 0.5) is 10.2 Å². The molecule has 0 spiro atoms. The summed E-state index contributed by atoms with van der Waals surface area (Å²) in [5.41, 5.74) is 4.73. The number of pyridine rings is 1. The Morgan fingerprint density at radius 3 is 2.48 bits per heavy atom. The molecule has 0 bridgehead atoms. The van der Waals surface area contributed by atoms with Crippen LogP contribution in [0.15, 0.2) is 48.9 Å². The Labute approximate surface area is 191 Å². The molecule has 4 aromatic rings. The summed E-state index contributed by atoms with van der Waals surface area (Å²) >= 11 is 0. The first-order chi connectivity index (χ1) is 15.9. The zero-order valence-corrected chi connectivity index (χ0v) is 19.1. The molecule has 1 N–H and O–H groups in total. The minimum atomic E-state index is -0.397. The molecule has 0 aliphatic rings. The monoisotopic (exact) mass is 448 g/mol. The van der Waals surface area contributed by atoms with E-state index in [0.717, 1.165) is 22.5 Å². The van der Waals surface area contributed by atoms with Crippen LogP contribution in [-0.2, 0) is 0 Å². The van der Waals surface area contributed by atoms with Gasteiger partial charge in [0.05, 0.1) is 38.0 Å². The van der Waals surface area contributed by atoms with Gasteiger partial charge in [-0.2, -0.15) is 0 Å². The zero-order valence-electron chi connectivity index (χ0n) is 19.1. The Bertz CT molecular complexity index is 1290. The van der Waals surface area contributed by atoms with Crippen LogP contribution in [0.1, 0.15) is 29.8 Å². The van der Waals surface area contributed by atoms with Crippen LogP contribution in [0, 0.1) is 19.7 Å². The van der Waals surface area contributed by atoms with Crippen LogP contribution < -0.4 is 14.8 Å². The maximum Gasteiger partial charge on any atom is 0.238 e. The van der Waals surface area contributed by atoms with Gasteiger partial charge in [0.1, 0.15) is 11.4 Å². The number of imidazole rings is 1. The van der Waals surface area contributed by atoms with Crippen LogP contribution >= 0.6 is 0 Å². The number of aryl methyl sites for hydroxylation is 2. The predicted molar refractivity (Wildman–Crippen MR) is 123 cm³/mol. The molecule has 0 saturated heterocycles. The number of aromatic nitrogens is 5. The molecule has 33 heavy (non-hydrogen) atoms. The summed E-state index contributed by atoms with van der Waals surface area (Å²) in [7, 11) is 3.02. The van der Waals surface area contributed by atoms with E-state index in [2.05, 4.69) is 25.5 Å². The minimum Gasteiger partial charge on any atom is -0.494 e. The molecule has 3 heterocycles. The molecule has 1 unspecified atom stereocenters. The quantitative estimate of drug-likeness (QED) is 0.440. The molecule has 0 saturated carbocycles. The number of ether oxygens (including phenoxy) is 2. The predicted octanol–water partition coefficient (Wildman–Crippen LogP) is 4.67. The van der Waals surface area contributed by atoms with Crippen molar-refractivity contribution in [2.45, 2.75) is 26.8 Å². The first-order valence-electron chi connectivity index (χ1n) is 10.4. The molecule has 3 aromatic heterocycles. The van der Waals surface area contributed by atoms with Crippen molar-refractivity contribution in [3.8, 4) is 28.7 Å². The number of benzene rings is 1. The third-order valence-electron chi connectivity index (χ3n) is 5.30. The van der Waals surface area contributed by atoms with Crippen molar-refractivity contribution in [3.63, 3.8) is 0 Å². The molecule has 4 rings (SSSR count). The number of nitrogens with one attached hydrogen (secondary N) is 1. The van der Waals surface area contributed by atoms with Crippen molar-refractivity contribution in [1.82, 2.24) is 24.7 Å². The SMILES string of the molecule is COc1cc(C(C)Nc2nnc(-c3ccc(-n4cnc(C)c4)c(OC)n3)cc2C)ccc1F. The van der Waals surface area contributed by atoms with Crippen LogP contribution in [-0.4, -0.2) is 39.0 Å². The number of anilines is 1. The zero-order chi connectivity index (χ0) is 23.5. The Morgan fingerprint density at radius 1 is 1.00 bits per heavy atom. The molecule has 1 aromatic carbocycles. The number of hydrogen-bond donors (Lipinski definition) is 1. The normalized spacial score (nSPS) is 11.8. The average Bonchev–Trinajstić information content (AvgIpc) is 3.26. The van der Waals surface area contributed by atoms with Gasteiger partial charge in [-0.15, -0.1) is 10.2 Å². The van der Waals surface area contributed by atoms with E-state index in [9.17, 15) is 4.39 Å². The number of methoxy groups -OCH3 is 2. The number of nitrogens with zero attached hydrogens (tertiary/aromatic N) is 5. The van der Waals surface area contributed by atoms with Gasteiger partial charge in [0.15, 0.2) is 17.4 Å². The third-order valence-corrected chi connectivity index (χ3v) is 5.30. The lowest BCUT2D eigenvalue weighted by molar-refractivity contribution is 0.385. The van der Waals surface area contributed by atoms with Gasteiger partial charge in [-0.25, -0.2) is 14.4 Å². The van der Waals surface area contributed by atoms with Crippen molar-refractivity contribution >= 4 is 5.82 Å². The van der Waals surface area contributed by atoms with Gasteiger partial charge in [-0.1, -0.05) is 6.07 Å². The van der Waals surface area contributed by atoms with Gasteiger partial charge in [0.25, 0.3) is 0 Å². The molecule has 0 amide bonds. The van der Waals surface area contributed by atoms with Gasteiger partial charge in [0.2, 0.25) is 5.88 Å². The summed E-state index contributed by atoms with van der Waals surface area (Å²) in [5.74, 6) is 0.900. The van der Waals surface area contributed by atoms with E-state index in [1.165, 1.54) is 13.2 Å². The molecule has 8 nitrogen and oxygen atoms in total. The largest absolute Gasteiger partial charge is 0.494 e. The van der Waals surface area contributed by atoms with E-state index in [4.69, 9.17) is 9.47 Å². The fourth-order valence-corrected chi connectivity index (χ4v) is 3.46. The first-order valence-corrected chi connectivity index (χ1v) is 10.4. The second kappa shape index (κ2) is 9.23. The molecular formula is C24H25FN6O2. The van der Waals surface area contributed by atoms with Crippen molar-refractivity contribution in [2.75, 3.05) is 19.5 Å². The van der Waals surface area contributed by atoms with Crippen molar-refractivity contribution in [1.29, 1.82) is 0 Å². The fourth-order valence-electron chi connectivity index (χ4n) is 3.46. The third kappa shape index (κ3) is 4.62. The summed E-state index contributed by atoms with van der Waals surface area (Å²) in [6.07, 6.45) is 3.62. The van der Waals surface area contributed by atoms with Gasteiger partial charge >= 0.3 is 0 Å². The highest BCUT2D eigenvalue weighted by Gasteiger charge is 2.15. The van der Waals surface area contributed by atoms with Crippen LogP contribution in [0.2, 0.25) is 0 Å². The average molecular weight is 449 g/mol. The first kappa shape index (κ1) is 22.2. The summed E-state index contributed by atoms with van der Waals surface area (Å²) in [6.45, 7) is 5.83. The Balaban J connectivity index is 1.57. The lowest BCUT2D eigenvalue weighted by atomic mass is 10.1. The topological polar surface area (TPSA) is 87.0 Å². The van der Waals surface area contributed by atoms with Crippen LogP contribution in [0.25, 0.3) is 17.1 Å². The highest BCUT2D eigenvalue weighted by molar-refractivity contribution is 5.61. The van der Waals surface area contributed by atoms with E-state index in [1.807, 2.05) is 49.7 Å². The molecule has 9 heteroatoms. The molecule has 0 fully saturated rings. The Morgan fingerprint density at radius 2 is 1.82 bits per heavy atom. The van der Waals surface area contributed by atoms with Gasteiger partial charge < -0.3 is 19.4 Å². The molecule has 170 valence electrons. The number of halogens is 1. The Kier molecular flexibility index (Phi) is 6.21. The summed E-state index contributed by atoms with van der Waals surface area (Å²) < 4.78 is 26.2. The molecular weight excluding hydrogens is 423 g/mol. The maximum atomic E-state index is 13.7. The Hall–Kier alpha value is -4.01. The van der Waals surface area contributed by atoms with Crippen molar-refractivity contribution in [3.05, 3.63) is 71.6 Å². The smallest absolute Gasteiger partial charge is 0.238 e. The fraction of sp³-hybridized carbons (Fsp3) is 0.250. The second-order valence-corrected chi connectivity index (χ2v) is 7.67. The lowest BCUT2D eigenvalue weighted by Crippen LogP contribution is -2.10. The van der Waals surface area contributed by atoms with Crippen molar-refractivity contribution < 1.29 is 13.9 Å². The lowest BCUT2D eigenvalue weighted by Gasteiger charge is -2.17. The molecule has 0 aliphatic carbocycles. The van der Waals surface area contributed by atoms with E-state index >= 15 is 0 Å². The maximum absolute atomic E-state index is 13.7. The minimum absolute atomic E-state index is 0.130. The van der Waals surface area contributed by atoms with Crippen LogP contribution in [0.3, 0.4) is 0 Å². The van der Waals surface area contributed by atoms with Crippen LogP contribution in [0.5, 0.6) is 11.6 Å². The van der Waals surface area contributed by atoms with Gasteiger partial charge in [-0.3, -0.25) is 0 Å². The van der Waals surface area contributed by atoms with E-state index < -0.39 is 5.82 Å². The van der Waals surface area contributed by atoms with Gasteiger partial charge in [-0.05, 0) is 62.2 Å². The highest BCUT2D eigenvalue weighted by atomic mass is 19.1. The molecule has 0 radical (unpaired) electrons. The van der Waals surface area contributed by atoms with E-state index in [0.29, 0.717) is 23.1 Å². The summed E-state index contributed by atoms with van der Waals surface area (Å²) in [6, 6.07) is 10.3. The van der Waals surface area contributed by atoms with E-state index in [-0.39, 0.29) is 11.8 Å². The second-order valence-electron chi connectivity index (χ2n) is 7.67. The molecule has 0 aliphatic heterocycles. The summed E-state index contributed by atoms with van der Waals surface area (Å²) in [5, 5.41) is 12.0. The highest BCUT2D eigenvalue weighted by Crippen LogP contribution is 2.28. The number of hydrogen-bond acceptors (Lipinski definition) is 7. The number of rotatable bonds is 7. The summed E-state index contributed by atoms with van der Waals surface area (Å²) in [4.78, 5) is 8.86. The van der Waals surface area contributed by atoms with Crippen molar-refractivity contribution in [2.24, 2.45) is 0 Å².